The first-order valence-corrected chi connectivity index (χ1v) is 14.9. The maximum absolute atomic E-state index is 11.4. The van der Waals surface area contributed by atoms with Gasteiger partial charge in [-0.25, -0.2) is 0 Å². The van der Waals surface area contributed by atoms with Crippen molar-refractivity contribution in [2.45, 2.75) is 131 Å². The van der Waals surface area contributed by atoms with Gasteiger partial charge in [-0.3, -0.25) is 9.59 Å². The highest BCUT2D eigenvalue weighted by Gasteiger charge is 2.59. The Morgan fingerprint density at radius 3 is 2.23 bits per heavy atom. The zero-order valence-electron chi connectivity index (χ0n) is 24.0. The van der Waals surface area contributed by atoms with Crippen LogP contribution in [0, 0.1) is 46.3 Å². The summed E-state index contributed by atoms with van der Waals surface area (Å²) in [5.74, 6) is 4.90. The van der Waals surface area contributed by atoms with Crippen molar-refractivity contribution in [3.63, 3.8) is 0 Å². The normalized spacial score (nSPS) is 38.2. The molecule has 0 bridgehead atoms. The number of methoxy groups -OCH3 is 1. The SMILES string of the molecule is CC.CC(=O)O.COC(=O)CCCC[C@@H](C)[C@H]1CC[C@H]2[C@@H]3CCC4CCCC[C@]4(C)[C@H]3CC[C@]12C. The van der Waals surface area contributed by atoms with Gasteiger partial charge in [0.2, 0.25) is 0 Å². The fourth-order valence-corrected chi connectivity index (χ4v) is 9.31. The van der Waals surface area contributed by atoms with E-state index in [-0.39, 0.29) is 5.97 Å². The molecule has 0 radical (unpaired) electrons. The maximum Gasteiger partial charge on any atom is 0.305 e. The molecular weight excluding hydrogens is 436 g/mol. The van der Waals surface area contributed by atoms with Crippen molar-refractivity contribution in [2.24, 2.45) is 46.3 Å². The Morgan fingerprint density at radius 1 is 0.914 bits per heavy atom. The van der Waals surface area contributed by atoms with Crippen LogP contribution in [0.4, 0.5) is 0 Å². The summed E-state index contributed by atoms with van der Waals surface area (Å²) in [5.41, 5.74) is 1.25. The van der Waals surface area contributed by atoms with Gasteiger partial charge in [-0.2, -0.15) is 0 Å². The van der Waals surface area contributed by atoms with Crippen LogP contribution < -0.4 is 0 Å². The van der Waals surface area contributed by atoms with Gasteiger partial charge in [0, 0.05) is 13.3 Å². The standard InChI is InChI=1S/C27H46O2.C2H4O2.C2H6/c1-19(9-5-6-11-25(28)29-4)22-14-15-23-21-13-12-20-10-7-8-17-26(20,2)24(21)16-18-27(22,23)3;1-2(3)4;1-2/h19-24H,5-18H2,1-4H3;1H3,(H,3,4);1-2H3/t19-,20?,21+,22-,23+,24+,26+,27-;;/m1../s1. The van der Waals surface area contributed by atoms with Crippen LogP contribution >= 0.6 is 0 Å². The number of aliphatic carboxylic acids is 1. The Bertz CT molecular complexity index is 671. The second-order valence-electron chi connectivity index (χ2n) is 12.4. The molecule has 1 N–H and O–H groups in total. The maximum atomic E-state index is 11.4. The highest BCUT2D eigenvalue weighted by molar-refractivity contribution is 5.68. The molecule has 204 valence electrons. The minimum atomic E-state index is -0.833. The number of hydrogen-bond acceptors (Lipinski definition) is 3. The summed E-state index contributed by atoms with van der Waals surface area (Å²) >= 11 is 0. The Kier molecular flexibility index (Phi) is 11.6. The molecule has 0 saturated heterocycles. The Labute approximate surface area is 216 Å². The number of fused-ring (bicyclic) bond motifs is 5. The molecular formula is C31H56O4. The monoisotopic (exact) mass is 492 g/mol. The molecule has 0 heterocycles. The van der Waals surface area contributed by atoms with E-state index in [0.29, 0.717) is 17.3 Å². The summed E-state index contributed by atoms with van der Waals surface area (Å²) in [6.07, 6.45) is 19.1. The number of carbonyl (C=O) groups excluding carboxylic acids is 1. The average molecular weight is 493 g/mol. The van der Waals surface area contributed by atoms with Gasteiger partial charge >= 0.3 is 5.97 Å². The van der Waals surface area contributed by atoms with Crippen molar-refractivity contribution in [2.75, 3.05) is 7.11 Å². The molecule has 4 nitrogen and oxygen atoms in total. The van der Waals surface area contributed by atoms with Gasteiger partial charge in [0.15, 0.2) is 0 Å². The molecule has 8 atom stereocenters. The van der Waals surface area contributed by atoms with Gasteiger partial charge in [-0.1, -0.05) is 60.3 Å². The van der Waals surface area contributed by atoms with Crippen molar-refractivity contribution in [1.82, 2.24) is 0 Å². The molecule has 4 aliphatic rings. The van der Waals surface area contributed by atoms with Crippen LogP contribution in [-0.4, -0.2) is 24.2 Å². The van der Waals surface area contributed by atoms with Gasteiger partial charge in [0.05, 0.1) is 7.11 Å². The van der Waals surface area contributed by atoms with Crippen LogP contribution in [0.1, 0.15) is 131 Å². The largest absolute Gasteiger partial charge is 0.481 e. The van der Waals surface area contributed by atoms with Crippen LogP contribution in [0.15, 0.2) is 0 Å². The molecule has 0 aromatic heterocycles. The number of esters is 1. The van der Waals surface area contributed by atoms with E-state index in [1.807, 2.05) is 13.8 Å². The predicted octanol–water partition coefficient (Wildman–Crippen LogP) is 8.52. The second kappa shape index (κ2) is 13.5. The first-order chi connectivity index (χ1) is 16.6. The lowest BCUT2D eigenvalue weighted by Gasteiger charge is -2.61. The quantitative estimate of drug-likeness (QED) is 0.298. The lowest BCUT2D eigenvalue weighted by molar-refractivity contribution is -0.140. The smallest absolute Gasteiger partial charge is 0.305 e. The lowest BCUT2D eigenvalue weighted by atomic mass is 9.44. The van der Waals surface area contributed by atoms with Gasteiger partial charge in [-0.05, 0) is 104 Å². The molecule has 4 saturated carbocycles. The average Bonchev–Trinajstić information content (AvgIpc) is 3.19. The van der Waals surface area contributed by atoms with Crippen molar-refractivity contribution in [3.8, 4) is 0 Å². The minimum Gasteiger partial charge on any atom is -0.481 e. The first-order valence-electron chi connectivity index (χ1n) is 14.9. The number of carbonyl (C=O) groups is 2. The molecule has 4 fully saturated rings. The fourth-order valence-electron chi connectivity index (χ4n) is 9.31. The number of ether oxygens (including phenoxy) is 1. The third-order valence-electron chi connectivity index (χ3n) is 10.9. The van der Waals surface area contributed by atoms with Gasteiger partial charge < -0.3 is 9.84 Å². The molecule has 4 aliphatic carbocycles. The lowest BCUT2D eigenvalue weighted by Crippen LogP contribution is -2.53. The third-order valence-corrected chi connectivity index (χ3v) is 10.9. The molecule has 4 rings (SSSR count). The fraction of sp³-hybridized carbons (Fsp3) is 0.935. The Morgan fingerprint density at radius 2 is 1.57 bits per heavy atom. The van der Waals surface area contributed by atoms with Gasteiger partial charge in [0.1, 0.15) is 0 Å². The number of rotatable bonds is 6. The van der Waals surface area contributed by atoms with Crippen LogP contribution in [-0.2, 0) is 14.3 Å². The van der Waals surface area contributed by atoms with Crippen LogP contribution in [0.2, 0.25) is 0 Å². The minimum absolute atomic E-state index is 0.0457. The van der Waals surface area contributed by atoms with E-state index in [2.05, 4.69) is 20.8 Å². The Balaban J connectivity index is 0.000000655. The molecule has 1 unspecified atom stereocenters. The van der Waals surface area contributed by atoms with E-state index < -0.39 is 5.97 Å². The van der Waals surface area contributed by atoms with Crippen molar-refractivity contribution >= 4 is 11.9 Å². The molecule has 4 heteroatoms. The van der Waals surface area contributed by atoms with Crippen molar-refractivity contribution in [1.29, 1.82) is 0 Å². The van der Waals surface area contributed by atoms with E-state index in [9.17, 15) is 4.79 Å². The predicted molar refractivity (Wildman–Crippen MR) is 144 cm³/mol. The number of unbranched alkanes of at least 4 members (excludes halogenated alkanes) is 1. The van der Waals surface area contributed by atoms with Crippen molar-refractivity contribution < 1.29 is 19.4 Å². The van der Waals surface area contributed by atoms with Crippen LogP contribution in [0.5, 0.6) is 0 Å². The topological polar surface area (TPSA) is 63.6 Å². The highest BCUT2D eigenvalue weighted by atomic mass is 16.5. The zero-order chi connectivity index (χ0) is 26.2. The van der Waals surface area contributed by atoms with E-state index in [4.69, 9.17) is 14.6 Å². The molecule has 35 heavy (non-hydrogen) atoms. The summed E-state index contributed by atoms with van der Waals surface area (Å²) in [5, 5.41) is 7.42. The van der Waals surface area contributed by atoms with E-state index in [1.165, 1.54) is 84.2 Å². The van der Waals surface area contributed by atoms with E-state index in [1.54, 1.807) is 0 Å². The number of carboxylic acids is 1. The summed E-state index contributed by atoms with van der Waals surface area (Å²) in [6, 6.07) is 0. The third kappa shape index (κ3) is 6.83. The summed E-state index contributed by atoms with van der Waals surface area (Å²) in [6.45, 7) is 13.0. The molecule has 0 aromatic carbocycles. The highest BCUT2D eigenvalue weighted by Crippen LogP contribution is 2.68. The van der Waals surface area contributed by atoms with Gasteiger partial charge in [-0.15, -0.1) is 0 Å². The molecule has 0 aliphatic heterocycles. The van der Waals surface area contributed by atoms with Crippen molar-refractivity contribution in [3.05, 3.63) is 0 Å². The van der Waals surface area contributed by atoms with E-state index in [0.717, 1.165) is 48.9 Å². The van der Waals surface area contributed by atoms with E-state index >= 15 is 0 Å². The Hall–Kier alpha value is -1.06. The van der Waals surface area contributed by atoms with Crippen LogP contribution in [0.3, 0.4) is 0 Å². The van der Waals surface area contributed by atoms with Gasteiger partial charge in [0.25, 0.3) is 5.97 Å². The number of carboxylic acid groups (broad SMARTS) is 1. The zero-order valence-corrected chi connectivity index (χ0v) is 24.0. The number of hydrogen-bond donors (Lipinski definition) is 1. The van der Waals surface area contributed by atoms with Crippen LogP contribution in [0.25, 0.3) is 0 Å². The molecule has 0 spiro atoms. The summed E-state index contributed by atoms with van der Waals surface area (Å²) in [7, 11) is 1.50. The summed E-state index contributed by atoms with van der Waals surface area (Å²) in [4.78, 5) is 20.4. The molecule has 0 aromatic rings. The second-order valence-corrected chi connectivity index (χ2v) is 12.4. The first kappa shape index (κ1) is 30.2. The summed E-state index contributed by atoms with van der Waals surface area (Å²) < 4.78 is 4.80. The molecule has 0 amide bonds.